The van der Waals surface area contributed by atoms with Crippen molar-refractivity contribution in [2.24, 2.45) is 0 Å². The van der Waals surface area contributed by atoms with Crippen LogP contribution in [0.25, 0.3) is 0 Å². The van der Waals surface area contributed by atoms with Crippen LogP contribution in [0.2, 0.25) is 0 Å². The predicted octanol–water partition coefficient (Wildman–Crippen LogP) is 0.307. The Kier molecular flexibility index (Phi) is 5.70. The second kappa shape index (κ2) is 8.56. The molecule has 2 aromatic rings. The van der Waals surface area contributed by atoms with Crippen molar-refractivity contribution in [1.82, 2.24) is 4.31 Å². The third-order valence-electron chi connectivity index (χ3n) is 5.68. The van der Waals surface area contributed by atoms with Crippen molar-refractivity contribution in [1.29, 1.82) is 0 Å². The van der Waals surface area contributed by atoms with Gasteiger partial charge >= 0.3 is 6.29 Å². The first kappa shape index (κ1) is 22.6. The summed E-state index contributed by atoms with van der Waals surface area (Å²) in [4.78, 5) is 13.5. The minimum atomic E-state index is -3.73. The third kappa shape index (κ3) is 4.58. The lowest BCUT2D eigenvalue weighted by Gasteiger charge is -2.31. The van der Waals surface area contributed by atoms with Crippen LogP contribution in [0.15, 0.2) is 41.3 Å². The van der Waals surface area contributed by atoms with E-state index in [1.807, 2.05) is 0 Å². The van der Waals surface area contributed by atoms with E-state index in [0.717, 1.165) is 4.90 Å². The number of benzene rings is 2. The average Bonchev–Trinajstić information content (AvgIpc) is 3.12. The number of carbonyl (C=O) groups excluding carboxylic acids is 1. The van der Waals surface area contributed by atoms with Crippen LogP contribution >= 0.6 is 0 Å². The third-order valence-corrected chi connectivity index (χ3v) is 7.57. The van der Waals surface area contributed by atoms with Gasteiger partial charge in [-0.1, -0.05) is 0 Å². The lowest BCUT2D eigenvalue weighted by molar-refractivity contribution is -0.895. The summed E-state index contributed by atoms with van der Waals surface area (Å²) >= 11 is 0. The van der Waals surface area contributed by atoms with Gasteiger partial charge < -0.3 is 29.2 Å². The van der Waals surface area contributed by atoms with Gasteiger partial charge in [-0.3, -0.25) is 4.79 Å². The Morgan fingerprint density at radius 3 is 2.41 bits per heavy atom. The number of fused-ring (bicyclic) bond motifs is 2. The number of ether oxygens (including phenoxy) is 4. The Bertz CT molecular complexity index is 1220. The highest BCUT2D eigenvalue weighted by Gasteiger charge is 2.43. The second-order valence-electron chi connectivity index (χ2n) is 8.01. The maximum atomic E-state index is 13.1. The zero-order chi connectivity index (χ0) is 23.9. The fourth-order valence-electron chi connectivity index (χ4n) is 4.01. The Labute approximate surface area is 194 Å². The molecule has 3 aliphatic heterocycles. The van der Waals surface area contributed by atoms with Crippen LogP contribution in [-0.4, -0.2) is 70.9 Å². The lowest BCUT2D eigenvalue weighted by atomic mass is 10.2. The maximum absolute atomic E-state index is 13.1. The molecule has 0 bridgehead atoms. The molecule has 13 heteroatoms. The molecule has 34 heavy (non-hydrogen) atoms. The topological polar surface area (TPSA) is 108 Å². The number of anilines is 1. The molecule has 1 saturated heterocycles. The molecule has 0 aromatic heterocycles. The van der Waals surface area contributed by atoms with Gasteiger partial charge in [-0.05, 0) is 24.3 Å². The summed E-state index contributed by atoms with van der Waals surface area (Å²) in [7, 11) is -3.71. The number of sulfonamides is 1. The highest BCUT2D eigenvalue weighted by molar-refractivity contribution is 7.89. The number of nitrogens with zero attached hydrogens (tertiary/aromatic N) is 1. The summed E-state index contributed by atoms with van der Waals surface area (Å²) in [6.07, 6.45) is -3.73. The van der Waals surface area contributed by atoms with E-state index < -0.39 is 16.3 Å². The Morgan fingerprint density at radius 2 is 1.65 bits per heavy atom. The second-order valence-corrected chi connectivity index (χ2v) is 9.95. The summed E-state index contributed by atoms with van der Waals surface area (Å²) in [6, 6.07) is 8.55. The molecule has 182 valence electrons. The Morgan fingerprint density at radius 1 is 0.971 bits per heavy atom. The van der Waals surface area contributed by atoms with E-state index in [1.165, 1.54) is 34.6 Å². The summed E-state index contributed by atoms with van der Waals surface area (Å²) in [6.45, 7) is 2.25. The first-order chi connectivity index (χ1) is 16.2. The first-order valence-electron chi connectivity index (χ1n) is 10.6. The maximum Gasteiger partial charge on any atom is 0.586 e. The number of alkyl halides is 2. The smallest absolute Gasteiger partial charge is 0.486 e. The van der Waals surface area contributed by atoms with Gasteiger partial charge in [-0.25, -0.2) is 8.42 Å². The normalized spacial score (nSPS) is 19.6. The number of quaternary nitrogens is 1. The van der Waals surface area contributed by atoms with Gasteiger partial charge in [0.25, 0.3) is 5.91 Å². The zero-order valence-corrected chi connectivity index (χ0v) is 18.7. The number of carbonyl (C=O) groups is 1. The van der Waals surface area contributed by atoms with Crippen LogP contribution in [0.1, 0.15) is 0 Å². The molecule has 0 aliphatic carbocycles. The van der Waals surface area contributed by atoms with Crippen LogP contribution in [0, 0.1) is 0 Å². The fraction of sp³-hybridized carbons (Fsp3) is 0.381. The first-order valence-corrected chi connectivity index (χ1v) is 12.1. The fourth-order valence-corrected chi connectivity index (χ4v) is 5.47. The number of piperazine rings is 1. The van der Waals surface area contributed by atoms with Crippen molar-refractivity contribution < 1.29 is 45.8 Å². The molecule has 3 heterocycles. The van der Waals surface area contributed by atoms with E-state index >= 15 is 0 Å². The van der Waals surface area contributed by atoms with Crippen molar-refractivity contribution in [2.45, 2.75) is 11.2 Å². The minimum absolute atomic E-state index is 0.0997. The van der Waals surface area contributed by atoms with Gasteiger partial charge in [0.1, 0.15) is 13.2 Å². The molecule has 0 atom stereocenters. The van der Waals surface area contributed by atoms with Gasteiger partial charge in [-0.15, -0.1) is 8.78 Å². The van der Waals surface area contributed by atoms with Crippen molar-refractivity contribution in [3.8, 4) is 23.0 Å². The monoisotopic (exact) mass is 498 g/mol. The molecule has 2 N–H and O–H groups in total. The quantitative estimate of drug-likeness (QED) is 0.611. The largest absolute Gasteiger partial charge is 0.586 e. The highest BCUT2D eigenvalue weighted by atomic mass is 32.2. The van der Waals surface area contributed by atoms with Crippen LogP contribution in [0.3, 0.4) is 0 Å². The summed E-state index contributed by atoms with van der Waals surface area (Å²) in [5, 5.41) is 2.64. The molecule has 1 fully saturated rings. The molecule has 0 radical (unpaired) electrons. The predicted molar refractivity (Wildman–Crippen MR) is 113 cm³/mol. The van der Waals surface area contributed by atoms with Gasteiger partial charge in [0.2, 0.25) is 10.0 Å². The highest BCUT2D eigenvalue weighted by Crippen LogP contribution is 2.42. The summed E-state index contributed by atoms with van der Waals surface area (Å²) in [5.41, 5.74) is 0.296. The van der Waals surface area contributed by atoms with Gasteiger partial charge in [0.15, 0.2) is 29.5 Å². The van der Waals surface area contributed by atoms with E-state index in [1.54, 1.807) is 6.07 Å². The number of rotatable bonds is 5. The SMILES string of the molecule is O=C(C[NH+]1CCN(S(=O)(=O)c2ccc3c(c2)OCCO3)CC1)Nc1ccc2c(c1)OC(F)(F)O2. The molecule has 10 nitrogen and oxygen atoms in total. The van der Waals surface area contributed by atoms with Crippen LogP contribution < -0.4 is 29.2 Å². The van der Waals surface area contributed by atoms with E-state index in [2.05, 4.69) is 14.8 Å². The number of hydrogen-bond acceptors (Lipinski definition) is 7. The molecule has 0 unspecified atom stereocenters. The number of nitrogens with one attached hydrogen (secondary N) is 2. The summed E-state index contributed by atoms with van der Waals surface area (Å²) in [5.74, 6) is 0.322. The molecule has 2 aromatic carbocycles. The van der Waals surface area contributed by atoms with E-state index in [9.17, 15) is 22.0 Å². The Balaban J connectivity index is 1.15. The van der Waals surface area contributed by atoms with Crippen LogP contribution in [0.5, 0.6) is 23.0 Å². The molecule has 0 spiro atoms. The molecule has 1 amide bonds. The van der Waals surface area contributed by atoms with E-state index in [-0.39, 0.29) is 41.9 Å². The van der Waals surface area contributed by atoms with Crippen molar-refractivity contribution >= 4 is 21.6 Å². The van der Waals surface area contributed by atoms with Gasteiger partial charge in [0, 0.05) is 17.8 Å². The Hall–Kier alpha value is -3.16. The van der Waals surface area contributed by atoms with E-state index in [4.69, 9.17) is 9.47 Å². The number of halogens is 2. The average molecular weight is 498 g/mol. The standard InChI is InChI=1S/C21H21F2N3O7S/c22-21(23)32-17-3-1-14(11-19(17)33-21)24-20(27)13-25-5-7-26(8-6-25)34(28,29)15-2-4-16-18(12-15)31-10-9-30-16/h1-4,11-12H,5-10,13H2,(H,24,27)/p+1. The minimum Gasteiger partial charge on any atom is -0.486 e. The van der Waals surface area contributed by atoms with Gasteiger partial charge in [-0.2, -0.15) is 4.31 Å². The number of hydrogen-bond donors (Lipinski definition) is 2. The molecule has 5 rings (SSSR count). The molecule has 0 saturated carbocycles. The number of amides is 1. The lowest BCUT2D eigenvalue weighted by Crippen LogP contribution is -3.15. The van der Waals surface area contributed by atoms with Gasteiger partial charge in [0.05, 0.1) is 31.1 Å². The van der Waals surface area contributed by atoms with Crippen molar-refractivity contribution in [2.75, 3.05) is 51.3 Å². The van der Waals surface area contributed by atoms with Crippen LogP contribution in [-0.2, 0) is 14.8 Å². The molecular weight excluding hydrogens is 476 g/mol. The zero-order valence-electron chi connectivity index (χ0n) is 17.9. The molecule has 3 aliphatic rings. The van der Waals surface area contributed by atoms with Crippen molar-refractivity contribution in [3.63, 3.8) is 0 Å². The van der Waals surface area contributed by atoms with Crippen LogP contribution in [0.4, 0.5) is 14.5 Å². The van der Waals surface area contributed by atoms with E-state index in [0.29, 0.717) is 43.5 Å². The summed E-state index contributed by atoms with van der Waals surface area (Å²) < 4.78 is 73.4. The molecular formula is C21H22F2N3O7S+. The van der Waals surface area contributed by atoms with Crippen molar-refractivity contribution in [3.05, 3.63) is 36.4 Å².